The van der Waals surface area contributed by atoms with Crippen molar-refractivity contribution in [2.75, 3.05) is 5.94 Å². The number of carbonyl (C=O) groups is 2. The minimum absolute atomic E-state index is 0.0696. The molecule has 3 nitrogen and oxygen atoms in total. The SMILES string of the molecule is C=CC(=O)OCSC(C)=O. The molecular weight excluding hydrogens is 152 g/mol. The van der Waals surface area contributed by atoms with Crippen molar-refractivity contribution in [3.05, 3.63) is 12.7 Å². The van der Waals surface area contributed by atoms with Crippen LogP contribution in [-0.4, -0.2) is 17.0 Å². The predicted molar refractivity (Wildman–Crippen MR) is 39.4 cm³/mol. The second kappa shape index (κ2) is 5.05. The van der Waals surface area contributed by atoms with Crippen LogP contribution in [0.5, 0.6) is 0 Å². The molecule has 0 amide bonds. The van der Waals surface area contributed by atoms with Gasteiger partial charge in [0, 0.05) is 13.0 Å². The van der Waals surface area contributed by atoms with E-state index in [2.05, 4.69) is 11.3 Å². The summed E-state index contributed by atoms with van der Waals surface area (Å²) in [4.78, 5) is 20.6. The molecule has 0 unspecified atom stereocenters. The van der Waals surface area contributed by atoms with Gasteiger partial charge in [-0.25, -0.2) is 4.79 Å². The highest BCUT2D eigenvalue weighted by molar-refractivity contribution is 8.13. The minimum Gasteiger partial charge on any atom is -0.451 e. The largest absolute Gasteiger partial charge is 0.451 e. The molecule has 0 aromatic heterocycles. The first kappa shape index (κ1) is 9.23. The van der Waals surface area contributed by atoms with E-state index in [-0.39, 0.29) is 11.1 Å². The van der Waals surface area contributed by atoms with Crippen LogP contribution in [0.3, 0.4) is 0 Å². The average Bonchev–Trinajstić information content (AvgIpc) is 1.87. The quantitative estimate of drug-likeness (QED) is 0.350. The third kappa shape index (κ3) is 5.37. The van der Waals surface area contributed by atoms with Gasteiger partial charge in [-0.2, -0.15) is 0 Å². The normalized spacial score (nSPS) is 8.50. The molecule has 0 heterocycles. The van der Waals surface area contributed by atoms with Crippen LogP contribution in [0.4, 0.5) is 0 Å². The highest BCUT2D eigenvalue weighted by Gasteiger charge is 1.96. The van der Waals surface area contributed by atoms with Crippen molar-refractivity contribution in [1.82, 2.24) is 0 Å². The summed E-state index contributed by atoms with van der Waals surface area (Å²) in [6, 6.07) is 0. The van der Waals surface area contributed by atoms with Crippen molar-refractivity contribution in [2.45, 2.75) is 6.92 Å². The monoisotopic (exact) mass is 160 g/mol. The van der Waals surface area contributed by atoms with E-state index in [1.54, 1.807) is 0 Å². The lowest BCUT2D eigenvalue weighted by atomic mass is 10.7. The molecule has 0 aliphatic carbocycles. The van der Waals surface area contributed by atoms with Gasteiger partial charge in [-0.05, 0) is 11.8 Å². The summed E-state index contributed by atoms with van der Waals surface area (Å²) < 4.78 is 4.49. The summed E-state index contributed by atoms with van der Waals surface area (Å²) in [6.07, 6.45) is 1.06. The number of esters is 1. The Labute approximate surface area is 63.4 Å². The molecule has 0 N–H and O–H groups in total. The van der Waals surface area contributed by atoms with Gasteiger partial charge in [0.25, 0.3) is 0 Å². The van der Waals surface area contributed by atoms with Gasteiger partial charge in [-0.15, -0.1) is 0 Å². The summed E-state index contributed by atoms with van der Waals surface area (Å²) in [5, 5.41) is -0.0723. The Hall–Kier alpha value is -0.770. The Balaban J connectivity index is 3.28. The van der Waals surface area contributed by atoms with Gasteiger partial charge in [0.15, 0.2) is 5.12 Å². The Morgan fingerprint density at radius 1 is 1.70 bits per heavy atom. The highest BCUT2D eigenvalue weighted by atomic mass is 32.2. The van der Waals surface area contributed by atoms with Gasteiger partial charge in [-0.3, -0.25) is 4.79 Å². The van der Waals surface area contributed by atoms with E-state index in [9.17, 15) is 9.59 Å². The topological polar surface area (TPSA) is 43.4 Å². The fraction of sp³-hybridized carbons (Fsp3) is 0.333. The molecular formula is C6H8O3S. The number of rotatable bonds is 3. The maximum Gasteiger partial charge on any atom is 0.330 e. The zero-order valence-corrected chi connectivity index (χ0v) is 6.44. The molecule has 56 valence electrons. The van der Waals surface area contributed by atoms with Crippen LogP contribution in [-0.2, 0) is 14.3 Å². The summed E-state index contributed by atoms with van der Waals surface area (Å²) in [5.41, 5.74) is 0. The van der Waals surface area contributed by atoms with Crippen LogP contribution < -0.4 is 0 Å². The zero-order chi connectivity index (χ0) is 7.98. The number of carbonyl (C=O) groups excluding carboxylic acids is 2. The van der Waals surface area contributed by atoms with E-state index in [1.165, 1.54) is 6.92 Å². The first-order valence-corrected chi connectivity index (χ1v) is 3.58. The molecule has 10 heavy (non-hydrogen) atoms. The van der Waals surface area contributed by atoms with Crippen LogP contribution in [0, 0.1) is 0 Å². The zero-order valence-electron chi connectivity index (χ0n) is 5.62. The fourth-order valence-electron chi connectivity index (χ4n) is 0.229. The molecule has 0 radical (unpaired) electrons. The summed E-state index contributed by atoms with van der Waals surface area (Å²) in [6.45, 7) is 4.60. The predicted octanol–water partition coefficient (Wildman–Crippen LogP) is 0.953. The van der Waals surface area contributed by atoms with Gasteiger partial charge in [0.1, 0.15) is 5.94 Å². The van der Waals surface area contributed by atoms with Crippen LogP contribution in [0.2, 0.25) is 0 Å². The molecule has 0 fully saturated rings. The van der Waals surface area contributed by atoms with Crippen LogP contribution in [0.25, 0.3) is 0 Å². The molecule has 0 spiro atoms. The molecule has 0 bridgehead atoms. The Morgan fingerprint density at radius 2 is 2.30 bits per heavy atom. The van der Waals surface area contributed by atoms with Crippen LogP contribution in [0.15, 0.2) is 12.7 Å². The van der Waals surface area contributed by atoms with E-state index < -0.39 is 5.97 Å². The van der Waals surface area contributed by atoms with Crippen molar-refractivity contribution < 1.29 is 14.3 Å². The Bertz CT molecular complexity index is 153. The third-order valence-corrected chi connectivity index (χ3v) is 1.27. The molecule has 0 atom stereocenters. The molecule has 0 saturated carbocycles. The van der Waals surface area contributed by atoms with Crippen molar-refractivity contribution in [3.8, 4) is 0 Å². The number of hydrogen-bond acceptors (Lipinski definition) is 4. The molecule has 4 heteroatoms. The van der Waals surface area contributed by atoms with Crippen molar-refractivity contribution in [3.63, 3.8) is 0 Å². The summed E-state index contributed by atoms with van der Waals surface area (Å²) >= 11 is 0.945. The first-order chi connectivity index (χ1) is 4.66. The lowest BCUT2D eigenvalue weighted by molar-refractivity contribution is -0.135. The molecule has 0 aliphatic rings. The first-order valence-electron chi connectivity index (χ1n) is 2.59. The number of hydrogen-bond donors (Lipinski definition) is 0. The van der Waals surface area contributed by atoms with Gasteiger partial charge >= 0.3 is 5.97 Å². The van der Waals surface area contributed by atoms with Gasteiger partial charge in [-0.1, -0.05) is 6.58 Å². The van der Waals surface area contributed by atoms with Crippen LogP contribution >= 0.6 is 11.8 Å². The van der Waals surface area contributed by atoms with E-state index in [4.69, 9.17) is 0 Å². The number of thioether (sulfide) groups is 1. The maximum atomic E-state index is 10.3. The Morgan fingerprint density at radius 3 is 2.70 bits per heavy atom. The van der Waals surface area contributed by atoms with E-state index in [0.29, 0.717) is 0 Å². The van der Waals surface area contributed by atoms with Crippen LogP contribution in [0.1, 0.15) is 6.92 Å². The van der Waals surface area contributed by atoms with E-state index >= 15 is 0 Å². The van der Waals surface area contributed by atoms with E-state index in [1.807, 2.05) is 0 Å². The van der Waals surface area contributed by atoms with Gasteiger partial charge in [0.05, 0.1) is 0 Å². The smallest absolute Gasteiger partial charge is 0.330 e. The van der Waals surface area contributed by atoms with Crippen molar-refractivity contribution >= 4 is 22.8 Å². The van der Waals surface area contributed by atoms with E-state index in [0.717, 1.165) is 17.8 Å². The van der Waals surface area contributed by atoms with Gasteiger partial charge in [0.2, 0.25) is 0 Å². The second-order valence-electron chi connectivity index (χ2n) is 1.42. The maximum absolute atomic E-state index is 10.3. The molecule has 0 rings (SSSR count). The molecule has 0 aliphatic heterocycles. The standard InChI is InChI=1S/C6H8O3S/c1-3-6(8)9-4-10-5(2)7/h3H,1,4H2,2H3. The highest BCUT2D eigenvalue weighted by Crippen LogP contribution is 2.00. The summed E-state index contributed by atoms with van der Waals surface area (Å²) in [5.74, 6) is -0.436. The lowest BCUT2D eigenvalue weighted by Gasteiger charge is -1.96. The molecule has 0 aromatic rings. The van der Waals surface area contributed by atoms with Crippen molar-refractivity contribution in [2.24, 2.45) is 0 Å². The average molecular weight is 160 g/mol. The minimum atomic E-state index is -0.506. The fourth-order valence-corrected chi connectivity index (χ4v) is 0.570. The van der Waals surface area contributed by atoms with Gasteiger partial charge < -0.3 is 4.74 Å². The lowest BCUT2D eigenvalue weighted by Crippen LogP contribution is -2.00. The Kier molecular flexibility index (Phi) is 4.66. The third-order valence-electron chi connectivity index (χ3n) is 0.630. The number of ether oxygens (including phenoxy) is 1. The second-order valence-corrected chi connectivity index (χ2v) is 2.52. The summed E-state index contributed by atoms with van der Waals surface area (Å²) in [7, 11) is 0. The molecule has 0 aromatic carbocycles. The molecule has 0 saturated heterocycles. The van der Waals surface area contributed by atoms with Crippen molar-refractivity contribution in [1.29, 1.82) is 0 Å².